The van der Waals surface area contributed by atoms with Crippen LogP contribution in [0.15, 0.2) is 48.5 Å². The Hall–Kier alpha value is -3.02. The van der Waals surface area contributed by atoms with Crippen LogP contribution >= 0.6 is 0 Å². The molecule has 0 saturated heterocycles. The Morgan fingerprint density at radius 3 is 2.18 bits per heavy atom. The van der Waals surface area contributed by atoms with Crippen molar-refractivity contribution in [1.29, 1.82) is 0 Å². The molecule has 28 heavy (non-hydrogen) atoms. The first kappa shape index (κ1) is 21.3. The Morgan fingerprint density at radius 1 is 0.893 bits per heavy atom. The molecule has 0 radical (unpaired) electrons. The first-order valence-electron chi connectivity index (χ1n) is 9.46. The molecule has 2 aromatic rings. The van der Waals surface area contributed by atoms with Crippen LogP contribution < -0.4 is 20.3 Å². The lowest BCUT2D eigenvalue weighted by atomic mass is 10.1. The lowest BCUT2D eigenvalue weighted by Crippen LogP contribution is -2.41. The number of amides is 2. The van der Waals surface area contributed by atoms with E-state index in [2.05, 4.69) is 24.7 Å². The van der Waals surface area contributed by atoms with Crippen molar-refractivity contribution < 1.29 is 19.1 Å². The summed E-state index contributed by atoms with van der Waals surface area (Å²) in [4.78, 5) is 24.6. The summed E-state index contributed by atoms with van der Waals surface area (Å²) in [6.07, 6.45) is 0.904. The van der Waals surface area contributed by atoms with E-state index in [4.69, 9.17) is 9.47 Å². The van der Waals surface area contributed by atoms with Crippen molar-refractivity contribution in [3.8, 4) is 11.5 Å². The van der Waals surface area contributed by atoms with Crippen molar-refractivity contribution in [2.45, 2.75) is 40.2 Å². The van der Waals surface area contributed by atoms with Gasteiger partial charge in [-0.1, -0.05) is 26.0 Å². The normalized spacial score (nSPS) is 10.6. The van der Waals surface area contributed by atoms with Gasteiger partial charge in [0.15, 0.2) is 0 Å². The van der Waals surface area contributed by atoms with Gasteiger partial charge in [-0.15, -0.1) is 0 Å². The fourth-order valence-electron chi connectivity index (χ4n) is 2.38. The zero-order chi connectivity index (χ0) is 20.5. The number of hydrogen-bond acceptors (Lipinski definition) is 4. The van der Waals surface area contributed by atoms with Gasteiger partial charge in [0, 0.05) is 5.56 Å². The number of ether oxygens (including phenoxy) is 2. The fourth-order valence-corrected chi connectivity index (χ4v) is 2.38. The average molecular weight is 384 g/mol. The van der Waals surface area contributed by atoms with Gasteiger partial charge in [-0.05, 0) is 62.6 Å². The summed E-state index contributed by atoms with van der Waals surface area (Å²) >= 11 is 0. The SMILES string of the molecule is CC(C)CCOc1ccc(C(=O)NNC(=O)c2ccccc2OC(C)C)cc1. The summed E-state index contributed by atoms with van der Waals surface area (Å²) < 4.78 is 11.3. The van der Waals surface area contributed by atoms with Gasteiger partial charge in [-0.2, -0.15) is 0 Å². The van der Waals surface area contributed by atoms with Crippen molar-refractivity contribution in [3.05, 3.63) is 59.7 Å². The molecule has 0 saturated carbocycles. The van der Waals surface area contributed by atoms with E-state index in [0.29, 0.717) is 35.2 Å². The topological polar surface area (TPSA) is 76.7 Å². The molecule has 0 aliphatic heterocycles. The van der Waals surface area contributed by atoms with Crippen LogP contribution in [0.1, 0.15) is 54.8 Å². The summed E-state index contributed by atoms with van der Waals surface area (Å²) in [5, 5.41) is 0. The lowest BCUT2D eigenvalue weighted by molar-refractivity contribution is 0.0843. The standard InChI is InChI=1S/C22H28N2O4/c1-15(2)13-14-27-18-11-9-17(10-12-18)21(25)23-24-22(26)19-7-5-6-8-20(19)28-16(3)4/h5-12,15-16H,13-14H2,1-4H3,(H,23,25)(H,24,26). The van der Waals surface area contributed by atoms with Crippen LogP contribution in [0.4, 0.5) is 0 Å². The predicted molar refractivity (Wildman–Crippen MR) is 109 cm³/mol. The highest BCUT2D eigenvalue weighted by Gasteiger charge is 2.14. The zero-order valence-corrected chi connectivity index (χ0v) is 16.8. The molecule has 2 aromatic carbocycles. The number of rotatable bonds is 8. The van der Waals surface area contributed by atoms with Crippen molar-refractivity contribution in [2.24, 2.45) is 5.92 Å². The van der Waals surface area contributed by atoms with E-state index in [1.54, 1.807) is 48.5 Å². The first-order valence-corrected chi connectivity index (χ1v) is 9.46. The van der Waals surface area contributed by atoms with E-state index in [1.165, 1.54) is 0 Å². The second kappa shape index (κ2) is 10.3. The van der Waals surface area contributed by atoms with Crippen LogP contribution in [0.3, 0.4) is 0 Å². The van der Waals surface area contributed by atoms with Gasteiger partial charge >= 0.3 is 0 Å². The monoisotopic (exact) mass is 384 g/mol. The number of hydrazine groups is 1. The van der Waals surface area contributed by atoms with Crippen LogP contribution in [0.5, 0.6) is 11.5 Å². The fraction of sp³-hybridized carbons (Fsp3) is 0.364. The van der Waals surface area contributed by atoms with Gasteiger partial charge in [0.1, 0.15) is 11.5 Å². The third kappa shape index (κ3) is 6.61. The average Bonchev–Trinajstić information content (AvgIpc) is 2.66. The van der Waals surface area contributed by atoms with Crippen molar-refractivity contribution in [1.82, 2.24) is 10.9 Å². The largest absolute Gasteiger partial charge is 0.494 e. The first-order chi connectivity index (χ1) is 13.4. The number of benzene rings is 2. The van der Waals surface area contributed by atoms with Crippen molar-refractivity contribution >= 4 is 11.8 Å². The molecule has 0 atom stereocenters. The van der Waals surface area contributed by atoms with E-state index in [1.807, 2.05) is 13.8 Å². The van der Waals surface area contributed by atoms with Crippen molar-refractivity contribution in [3.63, 3.8) is 0 Å². The highest BCUT2D eigenvalue weighted by Crippen LogP contribution is 2.19. The molecule has 0 bridgehead atoms. The van der Waals surface area contributed by atoms with Gasteiger partial charge < -0.3 is 9.47 Å². The Kier molecular flexibility index (Phi) is 7.87. The van der Waals surface area contributed by atoms with E-state index in [9.17, 15) is 9.59 Å². The van der Waals surface area contributed by atoms with Gasteiger partial charge in [-0.3, -0.25) is 20.4 Å². The summed E-state index contributed by atoms with van der Waals surface area (Å²) in [5.74, 6) is 0.889. The highest BCUT2D eigenvalue weighted by atomic mass is 16.5. The molecular formula is C22H28N2O4. The molecule has 6 heteroatoms. The summed E-state index contributed by atoms with van der Waals surface area (Å²) in [5.41, 5.74) is 5.61. The zero-order valence-electron chi connectivity index (χ0n) is 16.8. The molecule has 0 heterocycles. The minimum absolute atomic E-state index is 0.0650. The molecule has 6 nitrogen and oxygen atoms in total. The third-order valence-electron chi connectivity index (χ3n) is 3.86. The van der Waals surface area contributed by atoms with Crippen LogP contribution in [0.2, 0.25) is 0 Å². The maximum absolute atomic E-state index is 12.4. The lowest BCUT2D eigenvalue weighted by Gasteiger charge is -2.14. The molecular weight excluding hydrogens is 356 g/mol. The number of nitrogens with one attached hydrogen (secondary N) is 2. The summed E-state index contributed by atoms with van der Waals surface area (Å²) in [6.45, 7) is 8.67. The van der Waals surface area contributed by atoms with Crippen LogP contribution in [-0.2, 0) is 0 Å². The number of carbonyl (C=O) groups excluding carboxylic acids is 2. The quantitative estimate of drug-likeness (QED) is 0.675. The van der Waals surface area contributed by atoms with Gasteiger partial charge in [0.05, 0.1) is 18.3 Å². The predicted octanol–water partition coefficient (Wildman–Crippen LogP) is 3.97. The van der Waals surface area contributed by atoms with E-state index >= 15 is 0 Å². The Bertz CT molecular complexity index is 785. The van der Waals surface area contributed by atoms with Gasteiger partial charge in [-0.25, -0.2) is 0 Å². The molecule has 0 fully saturated rings. The molecule has 150 valence electrons. The summed E-state index contributed by atoms with van der Waals surface area (Å²) in [7, 11) is 0. The molecule has 2 rings (SSSR count). The van der Waals surface area contributed by atoms with Crippen LogP contribution in [-0.4, -0.2) is 24.5 Å². The number of carbonyl (C=O) groups is 2. The molecule has 0 aromatic heterocycles. The minimum atomic E-state index is -0.446. The summed E-state index contributed by atoms with van der Waals surface area (Å²) in [6, 6.07) is 13.7. The maximum Gasteiger partial charge on any atom is 0.273 e. The third-order valence-corrected chi connectivity index (χ3v) is 3.86. The molecule has 0 aliphatic carbocycles. The number of para-hydroxylation sites is 1. The smallest absolute Gasteiger partial charge is 0.273 e. The second-order valence-corrected chi connectivity index (χ2v) is 7.13. The van der Waals surface area contributed by atoms with Crippen LogP contribution in [0, 0.1) is 5.92 Å². The second-order valence-electron chi connectivity index (χ2n) is 7.13. The van der Waals surface area contributed by atoms with E-state index in [-0.39, 0.29) is 6.10 Å². The Morgan fingerprint density at radius 2 is 1.54 bits per heavy atom. The molecule has 0 unspecified atom stereocenters. The Labute approximate surface area is 166 Å². The van der Waals surface area contributed by atoms with Crippen LogP contribution in [0.25, 0.3) is 0 Å². The molecule has 0 aliphatic rings. The van der Waals surface area contributed by atoms with Crippen molar-refractivity contribution in [2.75, 3.05) is 6.61 Å². The maximum atomic E-state index is 12.4. The van der Waals surface area contributed by atoms with Gasteiger partial charge in [0.2, 0.25) is 0 Å². The highest BCUT2D eigenvalue weighted by molar-refractivity contribution is 6.00. The van der Waals surface area contributed by atoms with E-state index < -0.39 is 11.8 Å². The molecule has 2 amide bonds. The molecule has 2 N–H and O–H groups in total. The van der Waals surface area contributed by atoms with E-state index in [0.717, 1.165) is 6.42 Å². The Balaban J connectivity index is 1.90. The minimum Gasteiger partial charge on any atom is -0.494 e. The molecule has 0 spiro atoms. The number of hydrogen-bond donors (Lipinski definition) is 2. The van der Waals surface area contributed by atoms with Gasteiger partial charge in [0.25, 0.3) is 11.8 Å².